The van der Waals surface area contributed by atoms with Crippen molar-refractivity contribution in [1.29, 1.82) is 0 Å². The third-order valence-corrected chi connectivity index (χ3v) is 4.92. The minimum atomic E-state index is -0.0131. The van der Waals surface area contributed by atoms with Gasteiger partial charge in [0.25, 0.3) is 0 Å². The van der Waals surface area contributed by atoms with Gasteiger partial charge in [-0.25, -0.2) is 4.79 Å². The molecule has 1 saturated carbocycles. The van der Waals surface area contributed by atoms with Crippen molar-refractivity contribution < 1.29 is 14.0 Å². The Labute approximate surface area is 131 Å². The first kappa shape index (κ1) is 18.5. The van der Waals surface area contributed by atoms with Gasteiger partial charge in [-0.15, -0.1) is 0 Å². The molecular formula is C18H36NO2+. The lowest BCUT2D eigenvalue weighted by molar-refractivity contribution is -0.883. The number of rotatable bonds is 7. The lowest BCUT2D eigenvalue weighted by Gasteiger charge is -2.37. The summed E-state index contributed by atoms with van der Waals surface area (Å²) in [7, 11) is 4.25. The van der Waals surface area contributed by atoms with Crippen LogP contribution in [-0.4, -0.2) is 43.7 Å². The highest BCUT2D eigenvalue weighted by molar-refractivity contribution is 5.70. The second kappa shape index (κ2) is 8.17. The standard InChI is InChI=1S/C18H36NO2/c1-7-8-11-19(5,6)13-18(20)21-17-12-15(4)9-10-16(17)14(2)3/h14-17H,7-13H2,1-6H3/q+1. The minimum Gasteiger partial charge on any atom is -0.458 e. The molecule has 3 atom stereocenters. The van der Waals surface area contributed by atoms with E-state index in [0.717, 1.165) is 23.9 Å². The predicted octanol–water partition coefficient (Wildman–Crippen LogP) is 3.87. The summed E-state index contributed by atoms with van der Waals surface area (Å²) in [5, 5.41) is 0. The van der Waals surface area contributed by atoms with Crippen LogP contribution >= 0.6 is 0 Å². The van der Waals surface area contributed by atoms with Crippen molar-refractivity contribution in [3.63, 3.8) is 0 Å². The number of hydrogen-bond acceptors (Lipinski definition) is 2. The molecule has 1 aliphatic rings. The van der Waals surface area contributed by atoms with Crippen LogP contribution < -0.4 is 0 Å². The molecule has 0 radical (unpaired) electrons. The molecule has 0 heterocycles. The number of nitrogens with zero attached hydrogens (tertiary/aromatic N) is 1. The first-order valence-corrected chi connectivity index (χ1v) is 8.76. The van der Waals surface area contributed by atoms with E-state index in [9.17, 15) is 4.79 Å². The lowest BCUT2D eigenvalue weighted by atomic mass is 9.75. The Morgan fingerprint density at radius 1 is 1.29 bits per heavy atom. The van der Waals surface area contributed by atoms with E-state index in [1.807, 2.05) is 0 Å². The number of esters is 1. The number of carbonyl (C=O) groups is 1. The summed E-state index contributed by atoms with van der Waals surface area (Å²) in [6.07, 6.45) is 5.98. The first-order valence-electron chi connectivity index (χ1n) is 8.76. The van der Waals surface area contributed by atoms with Gasteiger partial charge in [0, 0.05) is 0 Å². The molecule has 124 valence electrons. The summed E-state index contributed by atoms with van der Waals surface area (Å²) >= 11 is 0. The zero-order valence-corrected chi connectivity index (χ0v) is 15.0. The maximum absolute atomic E-state index is 12.3. The van der Waals surface area contributed by atoms with E-state index in [-0.39, 0.29) is 12.1 Å². The molecule has 0 saturated heterocycles. The van der Waals surface area contributed by atoms with E-state index in [0.29, 0.717) is 24.3 Å². The Morgan fingerprint density at radius 3 is 2.52 bits per heavy atom. The third kappa shape index (κ3) is 6.37. The molecule has 0 N–H and O–H groups in total. The highest BCUT2D eigenvalue weighted by Gasteiger charge is 2.34. The smallest absolute Gasteiger partial charge is 0.362 e. The Bertz CT molecular complexity index is 325. The number of quaternary nitrogens is 1. The third-order valence-electron chi connectivity index (χ3n) is 4.92. The average molecular weight is 298 g/mol. The lowest BCUT2D eigenvalue weighted by Crippen LogP contribution is -2.46. The monoisotopic (exact) mass is 298 g/mol. The molecule has 1 rings (SSSR count). The molecule has 1 fully saturated rings. The van der Waals surface area contributed by atoms with Crippen molar-refractivity contribution in [1.82, 2.24) is 0 Å². The van der Waals surface area contributed by atoms with Crippen molar-refractivity contribution in [2.75, 3.05) is 27.2 Å². The van der Waals surface area contributed by atoms with Gasteiger partial charge in [0.2, 0.25) is 0 Å². The van der Waals surface area contributed by atoms with Gasteiger partial charge in [-0.2, -0.15) is 0 Å². The van der Waals surface area contributed by atoms with Crippen molar-refractivity contribution >= 4 is 5.97 Å². The summed E-state index contributed by atoms with van der Waals surface area (Å²) in [6, 6.07) is 0. The summed E-state index contributed by atoms with van der Waals surface area (Å²) < 4.78 is 6.63. The van der Waals surface area contributed by atoms with Crippen LogP contribution in [0.2, 0.25) is 0 Å². The highest BCUT2D eigenvalue weighted by Crippen LogP contribution is 2.35. The van der Waals surface area contributed by atoms with Crippen LogP contribution in [0.1, 0.15) is 59.8 Å². The molecule has 3 heteroatoms. The van der Waals surface area contributed by atoms with Gasteiger partial charge in [0.1, 0.15) is 6.10 Å². The van der Waals surface area contributed by atoms with Crippen LogP contribution in [0.15, 0.2) is 0 Å². The van der Waals surface area contributed by atoms with E-state index < -0.39 is 0 Å². The molecule has 0 spiro atoms. The van der Waals surface area contributed by atoms with E-state index >= 15 is 0 Å². The van der Waals surface area contributed by atoms with Crippen LogP contribution in [0.5, 0.6) is 0 Å². The van der Waals surface area contributed by atoms with Crippen molar-refractivity contribution in [3.05, 3.63) is 0 Å². The van der Waals surface area contributed by atoms with Crippen LogP contribution in [0, 0.1) is 17.8 Å². The van der Waals surface area contributed by atoms with E-state index in [1.54, 1.807) is 0 Å². The van der Waals surface area contributed by atoms with Gasteiger partial charge in [0.15, 0.2) is 6.54 Å². The zero-order valence-electron chi connectivity index (χ0n) is 15.0. The number of unbranched alkanes of at least 4 members (excludes halogenated alkanes) is 1. The number of carbonyl (C=O) groups excluding carboxylic acids is 1. The van der Waals surface area contributed by atoms with Gasteiger partial charge in [-0.05, 0) is 37.0 Å². The maximum atomic E-state index is 12.3. The number of hydrogen-bond donors (Lipinski definition) is 0. The molecule has 0 amide bonds. The van der Waals surface area contributed by atoms with E-state index in [1.165, 1.54) is 19.3 Å². The fraction of sp³-hybridized carbons (Fsp3) is 0.944. The molecule has 21 heavy (non-hydrogen) atoms. The molecule has 1 aliphatic carbocycles. The fourth-order valence-corrected chi connectivity index (χ4v) is 3.47. The molecule has 3 unspecified atom stereocenters. The van der Waals surface area contributed by atoms with Gasteiger partial charge in [-0.3, -0.25) is 0 Å². The maximum Gasteiger partial charge on any atom is 0.362 e. The fourth-order valence-electron chi connectivity index (χ4n) is 3.47. The molecule has 0 aromatic carbocycles. The minimum absolute atomic E-state index is 0.0131. The molecule has 0 aliphatic heterocycles. The second-order valence-corrected chi connectivity index (χ2v) is 8.03. The Hall–Kier alpha value is -0.570. The van der Waals surface area contributed by atoms with Gasteiger partial charge < -0.3 is 9.22 Å². The number of likely N-dealkylation sites (N-methyl/N-ethyl adjacent to an activating group) is 1. The van der Waals surface area contributed by atoms with Gasteiger partial charge in [0.05, 0.1) is 20.6 Å². The van der Waals surface area contributed by atoms with Gasteiger partial charge >= 0.3 is 5.97 Å². The largest absolute Gasteiger partial charge is 0.458 e. The second-order valence-electron chi connectivity index (χ2n) is 8.03. The van der Waals surface area contributed by atoms with Crippen molar-refractivity contribution in [3.8, 4) is 0 Å². The number of ether oxygens (including phenoxy) is 1. The summed E-state index contributed by atoms with van der Waals surface area (Å²) in [6.45, 7) is 10.5. The zero-order chi connectivity index (χ0) is 16.0. The summed E-state index contributed by atoms with van der Waals surface area (Å²) in [4.78, 5) is 12.3. The molecule has 0 bridgehead atoms. The normalized spacial score (nSPS) is 26.9. The van der Waals surface area contributed by atoms with Gasteiger partial charge in [-0.1, -0.05) is 40.5 Å². The molecule has 0 aromatic heterocycles. The Kier molecular flexibility index (Phi) is 7.19. The molecule has 0 aromatic rings. The molecule has 3 nitrogen and oxygen atoms in total. The van der Waals surface area contributed by atoms with Crippen LogP contribution in [0.25, 0.3) is 0 Å². The first-order chi connectivity index (χ1) is 9.75. The Balaban J connectivity index is 2.54. The summed E-state index contributed by atoms with van der Waals surface area (Å²) in [5.41, 5.74) is 0. The Morgan fingerprint density at radius 2 is 1.95 bits per heavy atom. The molecular weight excluding hydrogens is 262 g/mol. The summed E-state index contributed by atoms with van der Waals surface area (Å²) in [5.74, 6) is 1.80. The SMILES string of the molecule is CCCC[N+](C)(C)CC(=O)OC1CC(C)CCC1C(C)C. The topological polar surface area (TPSA) is 26.3 Å². The highest BCUT2D eigenvalue weighted by atomic mass is 16.5. The predicted molar refractivity (Wildman–Crippen MR) is 88.0 cm³/mol. The van der Waals surface area contributed by atoms with Crippen LogP contribution in [-0.2, 0) is 9.53 Å². The van der Waals surface area contributed by atoms with Crippen molar-refractivity contribution in [2.45, 2.75) is 65.9 Å². The van der Waals surface area contributed by atoms with Crippen LogP contribution in [0.4, 0.5) is 0 Å². The van der Waals surface area contributed by atoms with E-state index in [2.05, 4.69) is 41.8 Å². The quantitative estimate of drug-likeness (QED) is 0.527. The average Bonchev–Trinajstić information content (AvgIpc) is 2.35. The van der Waals surface area contributed by atoms with E-state index in [4.69, 9.17) is 4.74 Å². The van der Waals surface area contributed by atoms with Crippen molar-refractivity contribution in [2.24, 2.45) is 17.8 Å². The van der Waals surface area contributed by atoms with Crippen LogP contribution in [0.3, 0.4) is 0 Å².